The monoisotopic (exact) mass is 447 g/mol. The fourth-order valence-electron chi connectivity index (χ4n) is 3.01. The summed E-state index contributed by atoms with van der Waals surface area (Å²) < 4.78 is 10.4. The number of halogens is 1. The molecule has 0 spiro atoms. The molecule has 1 fully saturated rings. The maximum absolute atomic E-state index is 5.26. The number of hydrogen-bond donors (Lipinski definition) is 1. The number of nitrogens with one attached hydrogen (secondary N) is 1. The molecule has 1 aromatic carbocycles. The molecule has 6 heteroatoms. The Hall–Kier alpha value is -1.02. The van der Waals surface area contributed by atoms with Crippen molar-refractivity contribution < 1.29 is 9.47 Å². The van der Waals surface area contributed by atoms with Crippen molar-refractivity contribution >= 4 is 29.9 Å². The second-order valence-electron chi connectivity index (χ2n) is 5.98. The lowest BCUT2D eigenvalue weighted by Crippen LogP contribution is -2.40. The molecule has 1 aromatic rings. The minimum atomic E-state index is 0. The van der Waals surface area contributed by atoms with E-state index in [9.17, 15) is 0 Å². The summed E-state index contributed by atoms with van der Waals surface area (Å²) in [6.07, 6.45) is 3.32. The number of methoxy groups -OCH3 is 2. The predicted octanol–water partition coefficient (Wildman–Crippen LogP) is 2.79. The zero-order valence-electron chi connectivity index (χ0n) is 15.0. The number of benzene rings is 1. The van der Waals surface area contributed by atoms with E-state index in [1.807, 2.05) is 19.2 Å². The molecule has 0 bridgehead atoms. The number of aryl methyl sites for hydroxylation is 1. The highest BCUT2D eigenvalue weighted by atomic mass is 127. The van der Waals surface area contributed by atoms with Gasteiger partial charge in [-0.3, -0.25) is 4.99 Å². The fraction of sp³-hybridized carbons (Fsp3) is 0.611. The number of hydrogen-bond acceptors (Lipinski definition) is 3. The molecule has 0 radical (unpaired) electrons. The van der Waals surface area contributed by atoms with Gasteiger partial charge in [0, 0.05) is 39.7 Å². The van der Waals surface area contributed by atoms with Gasteiger partial charge in [-0.2, -0.15) is 0 Å². The van der Waals surface area contributed by atoms with Gasteiger partial charge in [0.1, 0.15) is 5.75 Å². The van der Waals surface area contributed by atoms with Gasteiger partial charge < -0.3 is 19.7 Å². The first kappa shape index (κ1) is 21.0. The third kappa shape index (κ3) is 6.47. The van der Waals surface area contributed by atoms with Crippen LogP contribution in [0.1, 0.15) is 18.4 Å². The molecule has 0 aliphatic carbocycles. The highest BCUT2D eigenvalue weighted by Gasteiger charge is 2.24. The minimum absolute atomic E-state index is 0. The highest BCUT2D eigenvalue weighted by molar-refractivity contribution is 14.0. The van der Waals surface area contributed by atoms with E-state index in [2.05, 4.69) is 27.3 Å². The third-order valence-electron chi connectivity index (χ3n) is 4.28. The second-order valence-corrected chi connectivity index (χ2v) is 5.98. The average Bonchev–Trinajstić information content (AvgIpc) is 3.04. The Bertz CT molecular complexity index is 494. The van der Waals surface area contributed by atoms with Crippen molar-refractivity contribution in [1.29, 1.82) is 0 Å². The Morgan fingerprint density at radius 3 is 2.67 bits per heavy atom. The molecule has 1 atom stereocenters. The molecule has 1 unspecified atom stereocenters. The van der Waals surface area contributed by atoms with Gasteiger partial charge in [0.15, 0.2) is 5.96 Å². The number of guanidine groups is 1. The van der Waals surface area contributed by atoms with E-state index in [1.165, 1.54) is 12.0 Å². The van der Waals surface area contributed by atoms with Crippen LogP contribution in [0.3, 0.4) is 0 Å². The van der Waals surface area contributed by atoms with Crippen LogP contribution in [0.4, 0.5) is 0 Å². The minimum Gasteiger partial charge on any atom is -0.497 e. The lowest BCUT2D eigenvalue weighted by molar-refractivity contribution is 0.157. The quantitative estimate of drug-likeness (QED) is 0.302. The SMILES string of the molecule is CN=C(NCCCc1ccc(OC)cc1)N1CCC(COC)C1.I. The summed E-state index contributed by atoms with van der Waals surface area (Å²) in [6, 6.07) is 8.29. The summed E-state index contributed by atoms with van der Waals surface area (Å²) >= 11 is 0. The smallest absolute Gasteiger partial charge is 0.193 e. The van der Waals surface area contributed by atoms with Crippen molar-refractivity contribution in [1.82, 2.24) is 10.2 Å². The molecule has 1 heterocycles. The number of nitrogens with zero attached hydrogens (tertiary/aromatic N) is 2. The van der Waals surface area contributed by atoms with Gasteiger partial charge in [0.05, 0.1) is 13.7 Å². The molecule has 1 N–H and O–H groups in total. The molecule has 1 aliphatic heterocycles. The summed E-state index contributed by atoms with van der Waals surface area (Å²) in [5.74, 6) is 2.54. The van der Waals surface area contributed by atoms with Gasteiger partial charge in [0.25, 0.3) is 0 Å². The van der Waals surface area contributed by atoms with Crippen LogP contribution >= 0.6 is 24.0 Å². The first-order chi connectivity index (χ1) is 11.3. The number of ether oxygens (including phenoxy) is 2. The van der Waals surface area contributed by atoms with E-state index in [-0.39, 0.29) is 24.0 Å². The van der Waals surface area contributed by atoms with Gasteiger partial charge in [-0.15, -0.1) is 24.0 Å². The largest absolute Gasteiger partial charge is 0.497 e. The van der Waals surface area contributed by atoms with E-state index in [0.717, 1.165) is 50.8 Å². The van der Waals surface area contributed by atoms with E-state index < -0.39 is 0 Å². The zero-order chi connectivity index (χ0) is 16.5. The van der Waals surface area contributed by atoms with Crippen LogP contribution in [-0.4, -0.2) is 58.4 Å². The van der Waals surface area contributed by atoms with Crippen molar-refractivity contribution in [3.05, 3.63) is 29.8 Å². The Kier molecular flexibility index (Phi) is 10.1. The molecule has 2 rings (SSSR count). The number of rotatable bonds is 7. The normalized spacial score (nSPS) is 17.5. The molecule has 0 amide bonds. The molecule has 5 nitrogen and oxygen atoms in total. The van der Waals surface area contributed by atoms with Crippen LogP contribution in [0.2, 0.25) is 0 Å². The van der Waals surface area contributed by atoms with E-state index in [1.54, 1.807) is 14.2 Å². The van der Waals surface area contributed by atoms with Gasteiger partial charge in [-0.05, 0) is 37.0 Å². The van der Waals surface area contributed by atoms with E-state index in [0.29, 0.717) is 5.92 Å². The molecule has 1 aliphatic rings. The van der Waals surface area contributed by atoms with Crippen molar-refractivity contribution in [2.24, 2.45) is 10.9 Å². The van der Waals surface area contributed by atoms with Crippen molar-refractivity contribution in [3.8, 4) is 5.75 Å². The highest BCUT2D eigenvalue weighted by Crippen LogP contribution is 2.16. The standard InChI is InChI=1S/C18H29N3O2.HI/c1-19-18(21-12-10-16(13-21)14-22-2)20-11-4-5-15-6-8-17(23-3)9-7-15;/h6-9,16H,4-5,10-14H2,1-3H3,(H,19,20);1H. The van der Waals surface area contributed by atoms with Crippen LogP contribution in [-0.2, 0) is 11.2 Å². The van der Waals surface area contributed by atoms with E-state index >= 15 is 0 Å². The molecular weight excluding hydrogens is 417 g/mol. The van der Waals surface area contributed by atoms with Crippen molar-refractivity contribution in [3.63, 3.8) is 0 Å². The second kappa shape index (κ2) is 11.5. The maximum Gasteiger partial charge on any atom is 0.193 e. The van der Waals surface area contributed by atoms with Crippen molar-refractivity contribution in [2.45, 2.75) is 19.3 Å². The number of likely N-dealkylation sites (tertiary alicyclic amines) is 1. The van der Waals surface area contributed by atoms with Crippen LogP contribution < -0.4 is 10.1 Å². The van der Waals surface area contributed by atoms with Crippen molar-refractivity contribution in [2.75, 3.05) is 47.5 Å². The molecule has 0 saturated carbocycles. The van der Waals surface area contributed by atoms with Gasteiger partial charge in [-0.1, -0.05) is 12.1 Å². The predicted molar refractivity (Wildman–Crippen MR) is 110 cm³/mol. The first-order valence-electron chi connectivity index (χ1n) is 8.34. The first-order valence-corrected chi connectivity index (χ1v) is 8.34. The molecule has 1 saturated heterocycles. The van der Waals surface area contributed by atoms with Crippen LogP contribution in [0.25, 0.3) is 0 Å². The van der Waals surface area contributed by atoms with Crippen LogP contribution in [0.5, 0.6) is 5.75 Å². The molecule has 136 valence electrons. The zero-order valence-corrected chi connectivity index (χ0v) is 17.3. The Balaban J connectivity index is 0.00000288. The summed E-state index contributed by atoms with van der Waals surface area (Å²) in [6.45, 7) is 3.87. The van der Waals surface area contributed by atoms with Gasteiger partial charge in [0.2, 0.25) is 0 Å². The number of aliphatic imine (C=N–C) groups is 1. The fourth-order valence-corrected chi connectivity index (χ4v) is 3.01. The topological polar surface area (TPSA) is 46.1 Å². The van der Waals surface area contributed by atoms with Gasteiger partial charge in [-0.25, -0.2) is 0 Å². The van der Waals surface area contributed by atoms with Crippen LogP contribution in [0.15, 0.2) is 29.3 Å². The van der Waals surface area contributed by atoms with Crippen LogP contribution in [0, 0.1) is 5.92 Å². The summed E-state index contributed by atoms with van der Waals surface area (Å²) in [4.78, 5) is 6.74. The average molecular weight is 447 g/mol. The Labute approximate surface area is 162 Å². The summed E-state index contributed by atoms with van der Waals surface area (Å²) in [7, 11) is 5.32. The lowest BCUT2D eigenvalue weighted by atomic mass is 10.1. The molecule has 24 heavy (non-hydrogen) atoms. The Morgan fingerprint density at radius 2 is 2.04 bits per heavy atom. The summed E-state index contributed by atoms with van der Waals surface area (Å²) in [5, 5.41) is 3.48. The third-order valence-corrected chi connectivity index (χ3v) is 4.28. The molecular formula is C18H30IN3O2. The van der Waals surface area contributed by atoms with Gasteiger partial charge >= 0.3 is 0 Å². The maximum atomic E-state index is 5.26. The van der Waals surface area contributed by atoms with E-state index in [4.69, 9.17) is 9.47 Å². The molecule has 0 aromatic heterocycles. The summed E-state index contributed by atoms with van der Waals surface area (Å²) in [5.41, 5.74) is 1.34. The lowest BCUT2D eigenvalue weighted by Gasteiger charge is -2.21. The Morgan fingerprint density at radius 1 is 1.29 bits per heavy atom.